The number of halogens is 2. The van der Waals surface area contributed by atoms with Crippen LogP contribution in [-0.2, 0) is 10.2 Å². The summed E-state index contributed by atoms with van der Waals surface area (Å²) in [5, 5.41) is 0. The van der Waals surface area contributed by atoms with Crippen LogP contribution in [0.4, 0.5) is 3.89 Å². The number of ether oxygens (including phenoxy) is 1. The summed E-state index contributed by atoms with van der Waals surface area (Å²) >= 11 is 1.89. The molecular formula is C7H6FIO3S. The summed E-state index contributed by atoms with van der Waals surface area (Å²) in [5.41, 5.74) is 0. The van der Waals surface area contributed by atoms with Gasteiger partial charge in [0, 0.05) is 3.57 Å². The predicted molar refractivity (Wildman–Crippen MR) is 54.0 cm³/mol. The van der Waals surface area contributed by atoms with E-state index in [1.807, 2.05) is 22.6 Å². The van der Waals surface area contributed by atoms with Gasteiger partial charge in [0.05, 0.1) is 7.11 Å². The number of benzene rings is 1. The molecule has 0 saturated heterocycles. The van der Waals surface area contributed by atoms with Gasteiger partial charge in [0.1, 0.15) is 10.6 Å². The molecule has 0 aliphatic carbocycles. The van der Waals surface area contributed by atoms with Crippen molar-refractivity contribution in [1.82, 2.24) is 0 Å². The van der Waals surface area contributed by atoms with Crippen molar-refractivity contribution in [3.8, 4) is 5.75 Å². The fourth-order valence-corrected chi connectivity index (χ4v) is 2.20. The van der Waals surface area contributed by atoms with Gasteiger partial charge in [0.2, 0.25) is 0 Å². The molecular weight excluding hydrogens is 310 g/mol. The molecule has 0 aromatic heterocycles. The lowest BCUT2D eigenvalue weighted by Crippen LogP contribution is -1.97. The van der Waals surface area contributed by atoms with Crippen molar-refractivity contribution in [2.45, 2.75) is 4.90 Å². The van der Waals surface area contributed by atoms with Crippen molar-refractivity contribution in [3.05, 3.63) is 21.8 Å². The first kappa shape index (κ1) is 10.7. The standard InChI is InChI=1S/C7H6FIO3S/c1-12-6-3-2-5(9)4-7(6)13(8,10)11/h2-4H,1H3. The van der Waals surface area contributed by atoms with Gasteiger partial charge in [-0.25, -0.2) is 0 Å². The fraction of sp³-hybridized carbons (Fsp3) is 0.143. The van der Waals surface area contributed by atoms with E-state index < -0.39 is 15.1 Å². The predicted octanol–water partition coefficient (Wildman–Crippen LogP) is 1.96. The monoisotopic (exact) mass is 316 g/mol. The lowest BCUT2D eigenvalue weighted by Gasteiger charge is -2.04. The molecule has 13 heavy (non-hydrogen) atoms. The van der Waals surface area contributed by atoms with Crippen LogP contribution in [0, 0.1) is 3.57 Å². The molecule has 1 rings (SSSR count). The van der Waals surface area contributed by atoms with E-state index in [2.05, 4.69) is 0 Å². The minimum atomic E-state index is -4.70. The van der Waals surface area contributed by atoms with Crippen molar-refractivity contribution in [1.29, 1.82) is 0 Å². The van der Waals surface area contributed by atoms with E-state index in [0.717, 1.165) is 0 Å². The summed E-state index contributed by atoms with van der Waals surface area (Å²) in [6.45, 7) is 0. The molecule has 0 N–H and O–H groups in total. The van der Waals surface area contributed by atoms with Gasteiger partial charge in [-0.15, -0.1) is 3.89 Å². The van der Waals surface area contributed by atoms with Crippen LogP contribution in [0.1, 0.15) is 0 Å². The van der Waals surface area contributed by atoms with E-state index in [4.69, 9.17) is 4.74 Å². The second-order valence-corrected chi connectivity index (χ2v) is 4.79. The van der Waals surface area contributed by atoms with Crippen LogP contribution >= 0.6 is 22.6 Å². The smallest absolute Gasteiger partial charge is 0.335 e. The normalized spacial score (nSPS) is 11.3. The first-order valence-electron chi connectivity index (χ1n) is 3.23. The van der Waals surface area contributed by atoms with E-state index in [1.165, 1.54) is 19.2 Å². The van der Waals surface area contributed by atoms with Crippen molar-refractivity contribution in [2.75, 3.05) is 7.11 Å². The molecule has 0 radical (unpaired) electrons. The zero-order chi connectivity index (χ0) is 10.1. The summed E-state index contributed by atoms with van der Waals surface area (Å²) in [6.07, 6.45) is 0. The number of hydrogen-bond donors (Lipinski definition) is 0. The molecule has 0 unspecified atom stereocenters. The highest BCUT2D eigenvalue weighted by Crippen LogP contribution is 2.26. The third-order valence-electron chi connectivity index (χ3n) is 1.39. The van der Waals surface area contributed by atoms with Crippen molar-refractivity contribution < 1.29 is 17.0 Å². The molecule has 1 aromatic rings. The van der Waals surface area contributed by atoms with E-state index in [0.29, 0.717) is 3.57 Å². The molecule has 0 fully saturated rings. The number of rotatable bonds is 2. The van der Waals surface area contributed by atoms with E-state index in [9.17, 15) is 12.3 Å². The Morgan fingerprint density at radius 2 is 2.08 bits per heavy atom. The minimum Gasteiger partial charge on any atom is -0.495 e. The Hall–Kier alpha value is -0.370. The van der Waals surface area contributed by atoms with Crippen LogP contribution in [0.2, 0.25) is 0 Å². The summed E-state index contributed by atoms with van der Waals surface area (Å²) in [4.78, 5) is -0.429. The molecule has 0 spiro atoms. The van der Waals surface area contributed by atoms with Gasteiger partial charge in [0.15, 0.2) is 0 Å². The lowest BCUT2D eigenvalue weighted by atomic mass is 10.3. The van der Waals surface area contributed by atoms with Crippen LogP contribution in [0.25, 0.3) is 0 Å². The minimum absolute atomic E-state index is 0.0166. The zero-order valence-corrected chi connectivity index (χ0v) is 9.59. The summed E-state index contributed by atoms with van der Waals surface area (Å²) in [5.74, 6) is 0.0166. The molecule has 0 heterocycles. The molecule has 0 saturated carbocycles. The van der Waals surface area contributed by atoms with Crippen molar-refractivity contribution in [3.63, 3.8) is 0 Å². The molecule has 72 valence electrons. The van der Waals surface area contributed by atoms with E-state index in [1.54, 1.807) is 6.07 Å². The van der Waals surface area contributed by atoms with E-state index in [-0.39, 0.29) is 5.75 Å². The molecule has 6 heteroatoms. The first-order valence-corrected chi connectivity index (χ1v) is 5.69. The average Bonchev–Trinajstić information content (AvgIpc) is 2.03. The Balaban J connectivity index is 3.41. The molecule has 0 bridgehead atoms. The average molecular weight is 316 g/mol. The van der Waals surface area contributed by atoms with Gasteiger partial charge >= 0.3 is 10.2 Å². The summed E-state index contributed by atoms with van der Waals surface area (Å²) < 4.78 is 39.2. The first-order chi connectivity index (χ1) is 5.95. The second kappa shape index (κ2) is 3.79. The van der Waals surface area contributed by atoms with Crippen LogP contribution < -0.4 is 4.74 Å². The van der Waals surface area contributed by atoms with Gasteiger partial charge in [0.25, 0.3) is 0 Å². The SMILES string of the molecule is COc1ccc(I)cc1S(=O)(=O)F. The van der Waals surface area contributed by atoms with Crippen LogP contribution in [0.3, 0.4) is 0 Å². The second-order valence-electron chi connectivity index (χ2n) is 2.23. The highest BCUT2D eigenvalue weighted by Gasteiger charge is 2.18. The molecule has 3 nitrogen and oxygen atoms in total. The highest BCUT2D eigenvalue weighted by molar-refractivity contribution is 14.1. The van der Waals surface area contributed by atoms with Crippen LogP contribution in [0.5, 0.6) is 5.75 Å². The molecule has 0 aliphatic heterocycles. The van der Waals surface area contributed by atoms with Crippen molar-refractivity contribution in [2.24, 2.45) is 0 Å². The molecule has 1 aromatic carbocycles. The van der Waals surface area contributed by atoms with E-state index >= 15 is 0 Å². The zero-order valence-electron chi connectivity index (χ0n) is 6.62. The third kappa shape index (κ3) is 2.53. The maximum atomic E-state index is 12.6. The molecule has 0 aliphatic rings. The number of methoxy groups -OCH3 is 1. The Morgan fingerprint density at radius 3 is 2.54 bits per heavy atom. The number of hydrogen-bond acceptors (Lipinski definition) is 3. The quantitative estimate of drug-likeness (QED) is 0.619. The Labute approximate surface area is 89.3 Å². The Bertz CT molecular complexity index is 416. The van der Waals surface area contributed by atoms with Gasteiger partial charge in [-0.05, 0) is 40.8 Å². The third-order valence-corrected chi connectivity index (χ3v) is 2.90. The fourth-order valence-electron chi connectivity index (χ4n) is 0.841. The molecule has 0 amide bonds. The Morgan fingerprint density at radius 1 is 1.46 bits per heavy atom. The topological polar surface area (TPSA) is 43.4 Å². The maximum absolute atomic E-state index is 12.6. The lowest BCUT2D eigenvalue weighted by molar-refractivity contribution is 0.401. The maximum Gasteiger partial charge on any atom is 0.335 e. The van der Waals surface area contributed by atoms with Gasteiger partial charge in [-0.3, -0.25) is 0 Å². The highest BCUT2D eigenvalue weighted by atomic mass is 127. The summed E-state index contributed by atoms with van der Waals surface area (Å²) in [7, 11) is -3.41. The largest absolute Gasteiger partial charge is 0.495 e. The van der Waals surface area contributed by atoms with Crippen molar-refractivity contribution >= 4 is 32.8 Å². The van der Waals surface area contributed by atoms with Gasteiger partial charge < -0.3 is 4.74 Å². The molecule has 0 atom stereocenters. The van der Waals surface area contributed by atoms with Gasteiger partial charge in [-0.1, -0.05) is 0 Å². The van der Waals surface area contributed by atoms with Gasteiger partial charge in [-0.2, -0.15) is 8.42 Å². The summed E-state index contributed by atoms with van der Waals surface area (Å²) in [6, 6.07) is 4.26. The van der Waals surface area contributed by atoms with Crippen LogP contribution in [-0.4, -0.2) is 15.5 Å². The van der Waals surface area contributed by atoms with Crippen LogP contribution in [0.15, 0.2) is 23.1 Å². The Kier molecular flexibility index (Phi) is 3.12.